The summed E-state index contributed by atoms with van der Waals surface area (Å²) in [7, 11) is 1.71. The predicted molar refractivity (Wildman–Crippen MR) is 98.5 cm³/mol. The molecule has 0 saturated carbocycles. The van der Waals surface area contributed by atoms with E-state index in [-0.39, 0.29) is 12.4 Å². The summed E-state index contributed by atoms with van der Waals surface area (Å²) < 4.78 is 20.7. The smallest absolute Gasteiger partial charge is 0.354 e. The quantitative estimate of drug-likeness (QED) is 0.478. The molecule has 0 spiro atoms. The van der Waals surface area contributed by atoms with Gasteiger partial charge in [-0.25, -0.2) is 14.0 Å². The molecule has 0 bridgehead atoms. The monoisotopic (exact) mass is 348 g/mol. The van der Waals surface area contributed by atoms with Gasteiger partial charge < -0.3 is 9.30 Å². The Morgan fingerprint density at radius 3 is 2.42 bits per heavy atom. The van der Waals surface area contributed by atoms with Crippen LogP contribution < -0.4 is 0 Å². The van der Waals surface area contributed by atoms with Crippen molar-refractivity contribution in [2.24, 2.45) is 7.05 Å². The molecule has 1 aromatic heterocycles. The van der Waals surface area contributed by atoms with Crippen molar-refractivity contribution in [1.29, 1.82) is 0 Å². The topological polar surface area (TPSA) is 35.6 Å². The molecule has 1 heterocycles. The average Bonchev–Trinajstić information content (AvgIpc) is 2.99. The number of benzene rings is 2. The molecule has 0 saturated heterocycles. The first-order valence-electron chi connectivity index (χ1n) is 8.16. The fourth-order valence-electron chi connectivity index (χ4n) is 2.94. The highest BCUT2D eigenvalue weighted by molar-refractivity contribution is 6.00. The number of ether oxygens (including phenoxy) is 1. The lowest BCUT2D eigenvalue weighted by Crippen LogP contribution is -2.10. The Morgan fingerprint density at radius 2 is 1.81 bits per heavy atom. The van der Waals surface area contributed by atoms with Crippen molar-refractivity contribution in [3.8, 4) is 22.3 Å². The van der Waals surface area contributed by atoms with E-state index in [1.165, 1.54) is 6.07 Å². The number of carbonyl (C=O) groups excluding carboxylic acids is 1. The third-order valence-electron chi connectivity index (χ3n) is 4.11. The molecular formula is C21H17FN2O2. The molecule has 0 unspecified atom stereocenters. The third kappa shape index (κ3) is 3.09. The third-order valence-corrected chi connectivity index (χ3v) is 4.11. The molecule has 0 radical (unpaired) electrons. The molecular weight excluding hydrogens is 331 g/mol. The van der Waals surface area contributed by atoms with E-state index in [0.717, 1.165) is 5.56 Å². The molecule has 0 aliphatic rings. The van der Waals surface area contributed by atoms with Gasteiger partial charge in [0.15, 0.2) is 0 Å². The predicted octanol–water partition coefficient (Wildman–Crippen LogP) is 5.23. The lowest BCUT2D eigenvalue weighted by Gasteiger charge is -2.09. The van der Waals surface area contributed by atoms with Gasteiger partial charge in [0.25, 0.3) is 0 Å². The van der Waals surface area contributed by atoms with Crippen LogP contribution in [0.3, 0.4) is 0 Å². The summed E-state index contributed by atoms with van der Waals surface area (Å²) in [6.07, 6.45) is 1.61. The summed E-state index contributed by atoms with van der Waals surface area (Å²) in [6, 6.07) is 13.7. The number of hydrogen-bond donors (Lipinski definition) is 0. The molecule has 130 valence electrons. The molecule has 0 atom stereocenters. The zero-order valence-electron chi connectivity index (χ0n) is 14.5. The Morgan fingerprint density at radius 1 is 1.15 bits per heavy atom. The lowest BCUT2D eigenvalue weighted by molar-refractivity contribution is 0.0516. The van der Waals surface area contributed by atoms with Crippen LogP contribution in [0.1, 0.15) is 17.4 Å². The minimum absolute atomic E-state index is 0.253. The standard InChI is InChI=1S/C21H17FN2O2/c1-4-26-21(25)20-19(18(23-2)13-24(20)3)15-11-9-14(10-12-15)16-7-5-6-8-17(16)22/h5-13H,4H2,1,3H3. The fourth-order valence-corrected chi connectivity index (χ4v) is 2.94. The highest BCUT2D eigenvalue weighted by atomic mass is 19.1. The Kier molecular flexibility index (Phi) is 4.85. The molecule has 0 aliphatic heterocycles. The van der Waals surface area contributed by atoms with Crippen LogP contribution in [0.15, 0.2) is 54.7 Å². The molecule has 4 nitrogen and oxygen atoms in total. The van der Waals surface area contributed by atoms with Gasteiger partial charge in [-0.3, -0.25) is 0 Å². The zero-order chi connectivity index (χ0) is 18.7. The SMILES string of the molecule is [C-]#[N+]c1cn(C)c(C(=O)OCC)c1-c1ccc(-c2ccccc2F)cc1. The van der Waals surface area contributed by atoms with Gasteiger partial charge in [-0.1, -0.05) is 42.5 Å². The summed E-state index contributed by atoms with van der Waals surface area (Å²) in [5.74, 6) is -0.771. The van der Waals surface area contributed by atoms with Crippen molar-refractivity contribution < 1.29 is 13.9 Å². The maximum Gasteiger partial charge on any atom is 0.354 e. The van der Waals surface area contributed by atoms with Gasteiger partial charge in [0.2, 0.25) is 5.69 Å². The van der Waals surface area contributed by atoms with Crippen LogP contribution in [0.5, 0.6) is 0 Å². The molecule has 0 fully saturated rings. The molecule has 0 amide bonds. The van der Waals surface area contributed by atoms with Gasteiger partial charge in [-0.15, -0.1) is 0 Å². The summed E-state index contributed by atoms with van der Waals surface area (Å²) in [5, 5.41) is 0. The summed E-state index contributed by atoms with van der Waals surface area (Å²) >= 11 is 0. The fraction of sp³-hybridized carbons (Fsp3) is 0.143. The number of carbonyl (C=O) groups is 1. The van der Waals surface area contributed by atoms with Crippen LogP contribution in [-0.4, -0.2) is 17.1 Å². The van der Waals surface area contributed by atoms with Crippen LogP contribution in [0.4, 0.5) is 10.1 Å². The molecule has 26 heavy (non-hydrogen) atoms. The molecule has 3 rings (SSSR count). The first-order valence-corrected chi connectivity index (χ1v) is 8.16. The summed E-state index contributed by atoms with van der Waals surface area (Å²) in [6.45, 7) is 9.39. The first kappa shape index (κ1) is 17.4. The first-order chi connectivity index (χ1) is 12.6. The van der Waals surface area contributed by atoms with E-state index in [0.29, 0.717) is 28.1 Å². The van der Waals surface area contributed by atoms with Gasteiger partial charge in [0.1, 0.15) is 11.5 Å². The Bertz CT molecular complexity index is 998. The van der Waals surface area contributed by atoms with Crippen molar-refractivity contribution in [1.82, 2.24) is 4.57 Å². The van der Waals surface area contributed by atoms with E-state index in [1.54, 1.807) is 67.2 Å². The van der Waals surface area contributed by atoms with Crippen LogP contribution in [0.25, 0.3) is 27.1 Å². The van der Waals surface area contributed by atoms with E-state index in [9.17, 15) is 9.18 Å². The number of halogens is 1. The Labute approximate surface area is 151 Å². The molecule has 2 aromatic carbocycles. The zero-order valence-corrected chi connectivity index (χ0v) is 14.5. The second-order valence-electron chi connectivity index (χ2n) is 5.74. The van der Waals surface area contributed by atoms with Crippen LogP contribution in [0.2, 0.25) is 0 Å². The van der Waals surface area contributed by atoms with Crippen LogP contribution in [-0.2, 0) is 11.8 Å². The van der Waals surface area contributed by atoms with Gasteiger partial charge in [-0.2, -0.15) is 0 Å². The maximum atomic E-state index is 14.0. The van der Waals surface area contributed by atoms with E-state index in [4.69, 9.17) is 11.3 Å². The normalized spacial score (nSPS) is 10.4. The van der Waals surface area contributed by atoms with Gasteiger partial charge in [0.05, 0.1) is 13.2 Å². The van der Waals surface area contributed by atoms with E-state index < -0.39 is 5.97 Å². The number of esters is 1. The number of rotatable bonds is 4. The summed E-state index contributed by atoms with van der Waals surface area (Å²) in [4.78, 5) is 15.9. The van der Waals surface area contributed by atoms with Crippen molar-refractivity contribution in [3.05, 3.63) is 77.7 Å². The van der Waals surface area contributed by atoms with E-state index >= 15 is 0 Å². The number of aromatic nitrogens is 1. The number of aryl methyl sites for hydroxylation is 1. The Balaban J connectivity index is 2.09. The van der Waals surface area contributed by atoms with Crippen LogP contribution in [0, 0.1) is 12.4 Å². The Hall–Kier alpha value is -3.39. The second-order valence-corrected chi connectivity index (χ2v) is 5.74. The van der Waals surface area contributed by atoms with E-state index in [2.05, 4.69) is 4.85 Å². The average molecular weight is 348 g/mol. The second kappa shape index (κ2) is 7.24. The maximum absolute atomic E-state index is 14.0. The molecule has 5 heteroatoms. The minimum atomic E-state index is -0.474. The number of nitrogens with zero attached hydrogens (tertiary/aromatic N) is 2. The number of hydrogen-bond acceptors (Lipinski definition) is 2. The van der Waals surface area contributed by atoms with Gasteiger partial charge in [0, 0.05) is 24.4 Å². The molecule has 0 aliphatic carbocycles. The van der Waals surface area contributed by atoms with Crippen molar-refractivity contribution in [3.63, 3.8) is 0 Å². The van der Waals surface area contributed by atoms with Gasteiger partial charge >= 0.3 is 5.97 Å². The largest absolute Gasteiger partial charge is 0.461 e. The van der Waals surface area contributed by atoms with E-state index in [1.807, 2.05) is 0 Å². The van der Waals surface area contributed by atoms with Crippen molar-refractivity contribution >= 4 is 11.7 Å². The van der Waals surface area contributed by atoms with Crippen LogP contribution >= 0.6 is 0 Å². The van der Waals surface area contributed by atoms with Gasteiger partial charge in [-0.05, 0) is 24.1 Å². The molecule has 3 aromatic rings. The van der Waals surface area contributed by atoms with Crippen molar-refractivity contribution in [2.75, 3.05) is 6.61 Å². The van der Waals surface area contributed by atoms with Crippen molar-refractivity contribution in [2.45, 2.75) is 6.92 Å². The highest BCUT2D eigenvalue weighted by Crippen LogP contribution is 2.37. The minimum Gasteiger partial charge on any atom is -0.461 e. The lowest BCUT2D eigenvalue weighted by atomic mass is 9.99. The molecule has 0 N–H and O–H groups in total. The highest BCUT2D eigenvalue weighted by Gasteiger charge is 2.22. The summed E-state index contributed by atoms with van der Waals surface area (Å²) in [5.41, 5.74) is 3.17.